The summed E-state index contributed by atoms with van der Waals surface area (Å²) in [4.78, 5) is 0. The molecule has 0 radical (unpaired) electrons. The monoisotopic (exact) mass is 488 g/mol. The topological polar surface area (TPSA) is 49.7 Å². The first-order valence-corrected chi connectivity index (χ1v) is 15.3. The van der Waals surface area contributed by atoms with E-state index in [2.05, 4.69) is 19.9 Å². The molecule has 0 unspecified atom stereocenters. The van der Waals surface area contributed by atoms with Gasteiger partial charge in [-0.1, -0.05) is 142 Å². The molecule has 4 heteroatoms. The van der Waals surface area contributed by atoms with Crippen LogP contribution < -0.4 is 10.2 Å². The Morgan fingerprint density at radius 2 is 0.971 bits per heavy atom. The maximum absolute atomic E-state index is 9.69. The largest absolute Gasteiger partial charge is 0.494 e. The van der Waals surface area contributed by atoms with E-state index in [1.54, 1.807) is 6.07 Å². The molecule has 0 spiro atoms. The lowest BCUT2D eigenvalue weighted by atomic mass is 9.79. The van der Waals surface area contributed by atoms with Crippen molar-refractivity contribution in [3.63, 3.8) is 0 Å². The van der Waals surface area contributed by atoms with Crippen molar-refractivity contribution >= 4 is 12.6 Å². The number of benzene rings is 1. The molecular weight excluding hydrogens is 431 g/mol. The number of hydrogen-bond acceptors (Lipinski definition) is 3. The zero-order valence-electron chi connectivity index (χ0n) is 23.4. The van der Waals surface area contributed by atoms with E-state index in [1.165, 1.54) is 122 Å². The number of unbranched alkanes of at least 4 members (excludes halogenated alkanes) is 19. The Balaban J connectivity index is 2.15. The molecule has 1 aromatic rings. The Morgan fingerprint density at radius 1 is 0.543 bits per heavy atom. The Kier molecular flexibility index (Phi) is 21.4. The fourth-order valence-electron chi connectivity index (χ4n) is 4.84. The highest BCUT2D eigenvalue weighted by molar-refractivity contribution is 6.58. The van der Waals surface area contributed by atoms with Crippen LogP contribution in [0.5, 0.6) is 5.75 Å². The Morgan fingerprint density at radius 3 is 1.43 bits per heavy atom. The predicted molar refractivity (Wildman–Crippen MR) is 154 cm³/mol. The average molecular weight is 489 g/mol. The van der Waals surface area contributed by atoms with Gasteiger partial charge in [0, 0.05) is 0 Å². The number of hydrogen-bond donors (Lipinski definition) is 2. The molecule has 3 nitrogen and oxygen atoms in total. The van der Waals surface area contributed by atoms with Crippen LogP contribution in [0.4, 0.5) is 0 Å². The van der Waals surface area contributed by atoms with Crippen LogP contribution in [0.2, 0.25) is 0 Å². The second-order valence-electron chi connectivity index (χ2n) is 10.6. The van der Waals surface area contributed by atoms with Crippen LogP contribution in [0.1, 0.15) is 154 Å². The third kappa shape index (κ3) is 18.9. The van der Waals surface area contributed by atoms with Crippen molar-refractivity contribution in [3.8, 4) is 5.75 Å². The summed E-state index contributed by atoms with van der Waals surface area (Å²) < 4.78 is 5.98. The van der Waals surface area contributed by atoms with Gasteiger partial charge in [-0.2, -0.15) is 0 Å². The molecule has 2 N–H and O–H groups in total. The normalized spacial score (nSPS) is 11.2. The number of ether oxygens (including phenoxy) is 1. The van der Waals surface area contributed by atoms with Crippen LogP contribution in [-0.2, 0) is 6.42 Å². The molecule has 0 aliphatic rings. The molecule has 1 aromatic carbocycles. The van der Waals surface area contributed by atoms with E-state index in [-0.39, 0.29) is 0 Å². The Bertz CT molecular complexity index is 591. The van der Waals surface area contributed by atoms with Crippen molar-refractivity contribution in [3.05, 3.63) is 23.8 Å². The first kappa shape index (κ1) is 32.0. The van der Waals surface area contributed by atoms with E-state index in [9.17, 15) is 10.0 Å². The van der Waals surface area contributed by atoms with Gasteiger partial charge in [-0.05, 0) is 42.4 Å². The molecule has 0 aliphatic carbocycles. The summed E-state index contributed by atoms with van der Waals surface area (Å²) in [6.07, 6.45) is 28.9. The average Bonchev–Trinajstić information content (AvgIpc) is 2.85. The van der Waals surface area contributed by atoms with E-state index in [1.807, 2.05) is 6.07 Å². The van der Waals surface area contributed by atoms with Crippen LogP contribution in [0.15, 0.2) is 18.2 Å². The standard InChI is InChI=1S/C31H57BO3/c1-3-5-7-9-11-13-14-15-16-17-18-20-22-24-29-26-30(32(33)34)28-31(27-29)35-25-23-21-19-12-10-8-6-4-2/h26-28,33-34H,3-25H2,1-2H3. The van der Waals surface area contributed by atoms with Crippen molar-refractivity contribution in [2.45, 2.75) is 155 Å². The van der Waals surface area contributed by atoms with Gasteiger partial charge in [0.2, 0.25) is 0 Å². The number of rotatable bonds is 25. The maximum Gasteiger partial charge on any atom is 0.488 e. The van der Waals surface area contributed by atoms with Gasteiger partial charge < -0.3 is 14.8 Å². The van der Waals surface area contributed by atoms with Crippen molar-refractivity contribution in [2.75, 3.05) is 6.61 Å². The molecular formula is C31H57BO3. The quantitative estimate of drug-likeness (QED) is 0.107. The molecule has 0 saturated carbocycles. The highest BCUT2D eigenvalue weighted by atomic mass is 16.5. The summed E-state index contributed by atoms with van der Waals surface area (Å²) in [5.41, 5.74) is 1.70. The molecule has 0 atom stereocenters. The van der Waals surface area contributed by atoms with Gasteiger partial charge in [0.25, 0.3) is 0 Å². The third-order valence-corrected chi connectivity index (χ3v) is 7.12. The summed E-state index contributed by atoms with van der Waals surface area (Å²) in [5, 5.41) is 19.4. The minimum atomic E-state index is -1.44. The molecule has 202 valence electrons. The molecule has 1 rings (SSSR count). The van der Waals surface area contributed by atoms with Crippen LogP contribution in [0.3, 0.4) is 0 Å². The van der Waals surface area contributed by atoms with Gasteiger partial charge >= 0.3 is 7.12 Å². The summed E-state index contributed by atoms with van der Waals surface area (Å²) in [7, 11) is -1.44. The molecule has 0 amide bonds. The maximum atomic E-state index is 9.69. The molecule has 0 heterocycles. The molecule has 0 saturated heterocycles. The SMILES string of the molecule is CCCCCCCCCCCCCCCc1cc(OCCCCCCCCCC)cc(B(O)O)c1. The predicted octanol–water partition coefficient (Wildman–Crippen LogP) is 8.52. The van der Waals surface area contributed by atoms with Crippen LogP contribution in [0.25, 0.3) is 0 Å². The second kappa shape index (κ2) is 23.4. The highest BCUT2D eigenvalue weighted by Crippen LogP contribution is 2.17. The fourth-order valence-corrected chi connectivity index (χ4v) is 4.84. The van der Waals surface area contributed by atoms with E-state index >= 15 is 0 Å². The van der Waals surface area contributed by atoms with Gasteiger partial charge in [-0.3, -0.25) is 0 Å². The van der Waals surface area contributed by atoms with Gasteiger partial charge in [-0.15, -0.1) is 0 Å². The van der Waals surface area contributed by atoms with Crippen LogP contribution in [0, 0.1) is 0 Å². The summed E-state index contributed by atoms with van der Waals surface area (Å²) >= 11 is 0. The third-order valence-electron chi connectivity index (χ3n) is 7.12. The van der Waals surface area contributed by atoms with Gasteiger partial charge in [0.15, 0.2) is 0 Å². The van der Waals surface area contributed by atoms with Crippen molar-refractivity contribution in [2.24, 2.45) is 0 Å². The first-order chi connectivity index (χ1) is 17.2. The van der Waals surface area contributed by atoms with E-state index in [0.29, 0.717) is 12.1 Å². The minimum absolute atomic E-state index is 0.545. The molecule has 0 fully saturated rings. The molecule has 0 bridgehead atoms. The van der Waals surface area contributed by atoms with E-state index in [4.69, 9.17) is 4.74 Å². The second-order valence-corrected chi connectivity index (χ2v) is 10.6. The first-order valence-electron chi connectivity index (χ1n) is 15.3. The van der Waals surface area contributed by atoms with Crippen molar-refractivity contribution in [1.29, 1.82) is 0 Å². The smallest absolute Gasteiger partial charge is 0.488 e. The number of aryl methyl sites for hydroxylation is 1. The Hall–Kier alpha value is -0.995. The lowest BCUT2D eigenvalue weighted by Gasteiger charge is -2.11. The minimum Gasteiger partial charge on any atom is -0.494 e. The highest BCUT2D eigenvalue weighted by Gasteiger charge is 2.13. The molecule has 0 aliphatic heterocycles. The van der Waals surface area contributed by atoms with Crippen molar-refractivity contribution in [1.82, 2.24) is 0 Å². The summed E-state index contributed by atoms with van der Waals surface area (Å²) in [6, 6.07) is 5.80. The van der Waals surface area contributed by atoms with Gasteiger partial charge in [0.05, 0.1) is 6.61 Å². The van der Waals surface area contributed by atoms with Crippen LogP contribution >= 0.6 is 0 Å². The Labute approximate surface area is 218 Å². The zero-order chi connectivity index (χ0) is 25.4. The lowest BCUT2D eigenvalue weighted by molar-refractivity contribution is 0.304. The van der Waals surface area contributed by atoms with Gasteiger partial charge in [-0.25, -0.2) is 0 Å². The lowest BCUT2D eigenvalue weighted by Crippen LogP contribution is -2.30. The van der Waals surface area contributed by atoms with Crippen LogP contribution in [-0.4, -0.2) is 23.8 Å². The molecule has 0 aromatic heterocycles. The van der Waals surface area contributed by atoms with Crippen molar-refractivity contribution < 1.29 is 14.8 Å². The summed E-state index contributed by atoms with van der Waals surface area (Å²) in [5.74, 6) is 0.781. The van der Waals surface area contributed by atoms with E-state index in [0.717, 1.165) is 30.6 Å². The fraction of sp³-hybridized carbons (Fsp3) is 0.806. The zero-order valence-corrected chi connectivity index (χ0v) is 23.4. The summed E-state index contributed by atoms with van der Waals surface area (Å²) in [6.45, 7) is 5.24. The van der Waals surface area contributed by atoms with E-state index < -0.39 is 7.12 Å². The van der Waals surface area contributed by atoms with Gasteiger partial charge in [0.1, 0.15) is 5.75 Å². The molecule has 35 heavy (non-hydrogen) atoms.